The molecule has 0 bridgehead atoms. The van der Waals surface area contributed by atoms with Crippen LogP contribution in [0.4, 0.5) is 0 Å². The third kappa shape index (κ3) is 6.37. The Kier molecular flexibility index (Phi) is 5.82. The summed E-state index contributed by atoms with van der Waals surface area (Å²) in [5, 5.41) is 0. The fourth-order valence-electron chi connectivity index (χ4n) is 1.19. The van der Waals surface area contributed by atoms with Crippen LogP contribution in [-0.4, -0.2) is 27.9 Å². The first-order valence-corrected chi connectivity index (χ1v) is 7.17. The molecule has 0 aromatic heterocycles. The highest BCUT2D eigenvalue weighted by molar-refractivity contribution is 7.85. The Hall–Kier alpha value is -1.39. The van der Waals surface area contributed by atoms with Gasteiger partial charge < -0.3 is 4.74 Å². The Morgan fingerprint density at radius 2 is 1.94 bits per heavy atom. The van der Waals surface area contributed by atoms with E-state index in [2.05, 4.69) is 16.5 Å². The summed E-state index contributed by atoms with van der Waals surface area (Å²) in [6.45, 7) is 4.09. The van der Waals surface area contributed by atoms with E-state index in [1.54, 1.807) is 0 Å². The molecule has 98 valence electrons. The fourth-order valence-corrected chi connectivity index (χ4v) is 1.54. The molecule has 1 aromatic rings. The van der Waals surface area contributed by atoms with Crippen LogP contribution >= 0.6 is 0 Å². The summed E-state index contributed by atoms with van der Waals surface area (Å²) >= 11 is 0. The SMILES string of the molecule is C=C=C(COCc1ccccc1)COS(C)(=O)=O. The average molecular weight is 268 g/mol. The summed E-state index contributed by atoms with van der Waals surface area (Å²) in [5.41, 5.74) is 4.23. The largest absolute Gasteiger partial charge is 0.372 e. The van der Waals surface area contributed by atoms with Crippen molar-refractivity contribution in [3.63, 3.8) is 0 Å². The van der Waals surface area contributed by atoms with Gasteiger partial charge in [-0.3, -0.25) is 4.18 Å². The summed E-state index contributed by atoms with van der Waals surface area (Å²) in [6.07, 6.45) is 0.999. The van der Waals surface area contributed by atoms with E-state index in [-0.39, 0.29) is 13.2 Å². The van der Waals surface area contributed by atoms with E-state index in [9.17, 15) is 8.42 Å². The van der Waals surface area contributed by atoms with Crippen molar-refractivity contribution < 1.29 is 17.3 Å². The molecule has 0 radical (unpaired) electrons. The number of benzene rings is 1. The van der Waals surface area contributed by atoms with Crippen LogP contribution in [0.15, 0.2) is 48.2 Å². The molecule has 0 atom stereocenters. The Bertz CT molecular complexity index is 513. The van der Waals surface area contributed by atoms with Crippen molar-refractivity contribution in [1.29, 1.82) is 0 Å². The van der Waals surface area contributed by atoms with Crippen LogP contribution in [0, 0.1) is 0 Å². The zero-order valence-corrected chi connectivity index (χ0v) is 11.1. The van der Waals surface area contributed by atoms with E-state index in [1.807, 2.05) is 30.3 Å². The third-order valence-corrected chi connectivity index (χ3v) is 2.63. The van der Waals surface area contributed by atoms with Crippen LogP contribution in [0.3, 0.4) is 0 Å². The smallest absolute Gasteiger partial charge is 0.264 e. The summed E-state index contributed by atoms with van der Waals surface area (Å²) in [4.78, 5) is 0. The van der Waals surface area contributed by atoms with E-state index in [4.69, 9.17) is 4.74 Å². The first-order valence-electron chi connectivity index (χ1n) is 5.35. The number of rotatable bonds is 7. The maximum absolute atomic E-state index is 10.8. The van der Waals surface area contributed by atoms with Gasteiger partial charge in [-0.25, -0.2) is 0 Å². The summed E-state index contributed by atoms with van der Waals surface area (Å²) < 4.78 is 31.7. The maximum atomic E-state index is 10.8. The molecule has 0 saturated carbocycles. The lowest BCUT2D eigenvalue weighted by molar-refractivity contribution is 0.136. The highest BCUT2D eigenvalue weighted by Gasteiger charge is 2.04. The molecule has 0 heterocycles. The first kappa shape index (κ1) is 14.7. The molecule has 0 amide bonds. The van der Waals surface area contributed by atoms with Crippen LogP contribution in [0.25, 0.3) is 0 Å². The highest BCUT2D eigenvalue weighted by atomic mass is 32.2. The molecule has 0 fully saturated rings. The Morgan fingerprint density at radius 1 is 1.28 bits per heavy atom. The van der Waals surface area contributed by atoms with Crippen molar-refractivity contribution in [2.45, 2.75) is 6.61 Å². The monoisotopic (exact) mass is 268 g/mol. The Balaban J connectivity index is 2.35. The minimum Gasteiger partial charge on any atom is -0.372 e. The minimum absolute atomic E-state index is 0.0723. The van der Waals surface area contributed by atoms with Crippen LogP contribution in [0.1, 0.15) is 5.56 Å². The predicted octanol–water partition coefficient (Wildman–Crippen LogP) is 1.89. The molecule has 0 aliphatic carbocycles. The maximum Gasteiger partial charge on any atom is 0.264 e. The molecule has 0 aliphatic rings. The topological polar surface area (TPSA) is 52.6 Å². The van der Waals surface area contributed by atoms with Gasteiger partial charge in [0, 0.05) is 5.57 Å². The molecule has 0 aliphatic heterocycles. The zero-order chi connectivity index (χ0) is 13.4. The number of hydrogen-bond donors (Lipinski definition) is 0. The zero-order valence-electron chi connectivity index (χ0n) is 10.3. The van der Waals surface area contributed by atoms with Crippen molar-refractivity contribution in [3.8, 4) is 0 Å². The molecule has 1 aromatic carbocycles. The second kappa shape index (κ2) is 7.13. The second-order valence-electron chi connectivity index (χ2n) is 3.73. The van der Waals surface area contributed by atoms with Gasteiger partial charge in [0.2, 0.25) is 0 Å². The lowest BCUT2D eigenvalue weighted by Gasteiger charge is -2.06. The van der Waals surface area contributed by atoms with E-state index >= 15 is 0 Å². The Labute approximate surface area is 108 Å². The molecule has 1 rings (SSSR count). The third-order valence-electron chi connectivity index (χ3n) is 2.09. The van der Waals surface area contributed by atoms with Crippen LogP contribution in [0.5, 0.6) is 0 Å². The van der Waals surface area contributed by atoms with Gasteiger partial charge in [0.05, 0.1) is 26.1 Å². The highest BCUT2D eigenvalue weighted by Crippen LogP contribution is 2.03. The van der Waals surface area contributed by atoms with Crippen molar-refractivity contribution >= 4 is 10.1 Å². The standard InChI is InChI=1S/C13H16O4S/c1-3-12(11-17-18(2,14)15)9-16-10-13-7-5-4-6-8-13/h4-8H,1,9-11H2,2H3. The van der Waals surface area contributed by atoms with Gasteiger partial charge in [0.1, 0.15) is 0 Å². The van der Waals surface area contributed by atoms with Crippen molar-refractivity contribution in [1.82, 2.24) is 0 Å². The van der Waals surface area contributed by atoms with Gasteiger partial charge in [0.25, 0.3) is 10.1 Å². The van der Waals surface area contributed by atoms with E-state index in [0.29, 0.717) is 12.2 Å². The van der Waals surface area contributed by atoms with Gasteiger partial charge >= 0.3 is 0 Å². The molecular formula is C13H16O4S. The minimum atomic E-state index is -3.45. The first-order chi connectivity index (χ1) is 8.51. The van der Waals surface area contributed by atoms with Crippen LogP contribution in [-0.2, 0) is 25.6 Å². The van der Waals surface area contributed by atoms with Crippen molar-refractivity contribution in [2.24, 2.45) is 0 Å². The lowest BCUT2D eigenvalue weighted by Crippen LogP contribution is -2.09. The van der Waals surface area contributed by atoms with Crippen LogP contribution < -0.4 is 0 Å². The molecule has 0 spiro atoms. The van der Waals surface area contributed by atoms with Crippen molar-refractivity contribution in [3.05, 3.63) is 53.8 Å². The van der Waals surface area contributed by atoms with Gasteiger partial charge in [0.15, 0.2) is 0 Å². The normalized spacial score (nSPS) is 10.9. The average Bonchev–Trinajstić information content (AvgIpc) is 2.33. The molecule has 0 N–H and O–H groups in total. The molecule has 0 saturated heterocycles. The molecule has 5 heteroatoms. The van der Waals surface area contributed by atoms with E-state index in [1.165, 1.54) is 0 Å². The summed E-state index contributed by atoms with van der Waals surface area (Å²) in [7, 11) is -3.45. The van der Waals surface area contributed by atoms with Gasteiger partial charge in [-0.15, -0.1) is 5.73 Å². The van der Waals surface area contributed by atoms with Gasteiger partial charge in [-0.2, -0.15) is 8.42 Å². The fraction of sp³-hybridized carbons (Fsp3) is 0.308. The summed E-state index contributed by atoms with van der Waals surface area (Å²) in [6, 6.07) is 9.68. The quantitative estimate of drug-likeness (QED) is 0.560. The molecule has 18 heavy (non-hydrogen) atoms. The second-order valence-corrected chi connectivity index (χ2v) is 5.37. The molecular weight excluding hydrogens is 252 g/mol. The van der Waals surface area contributed by atoms with Gasteiger partial charge in [-0.1, -0.05) is 36.9 Å². The lowest BCUT2D eigenvalue weighted by atomic mass is 10.2. The Morgan fingerprint density at radius 3 is 2.50 bits per heavy atom. The van der Waals surface area contributed by atoms with Gasteiger partial charge in [-0.05, 0) is 5.56 Å². The van der Waals surface area contributed by atoms with Crippen LogP contribution in [0.2, 0.25) is 0 Å². The number of ether oxygens (including phenoxy) is 1. The molecule has 4 nitrogen and oxygen atoms in total. The predicted molar refractivity (Wildman–Crippen MR) is 69.5 cm³/mol. The van der Waals surface area contributed by atoms with E-state index in [0.717, 1.165) is 11.8 Å². The molecule has 0 unspecified atom stereocenters. The summed E-state index contributed by atoms with van der Waals surface area (Å²) in [5.74, 6) is 0. The number of hydrogen-bond acceptors (Lipinski definition) is 4. The van der Waals surface area contributed by atoms with Crippen molar-refractivity contribution in [2.75, 3.05) is 19.5 Å². The van der Waals surface area contributed by atoms with E-state index < -0.39 is 10.1 Å².